The van der Waals surface area contributed by atoms with Crippen molar-refractivity contribution in [1.82, 2.24) is 5.32 Å². The third-order valence-corrected chi connectivity index (χ3v) is 5.59. The molecule has 0 bridgehead atoms. The van der Waals surface area contributed by atoms with Crippen molar-refractivity contribution in [1.29, 1.82) is 0 Å². The van der Waals surface area contributed by atoms with E-state index in [1.807, 2.05) is 6.07 Å². The van der Waals surface area contributed by atoms with Crippen molar-refractivity contribution in [2.45, 2.75) is 25.8 Å². The first-order valence-electron chi connectivity index (χ1n) is 6.93. The molecule has 0 radical (unpaired) electrons. The maximum atomic E-state index is 5.31. The number of thiophene rings is 1. The minimum Gasteiger partial charge on any atom is -0.496 e. The van der Waals surface area contributed by atoms with Gasteiger partial charge in [0.1, 0.15) is 5.75 Å². The standard InChI is InChI=1S/C16H19Br2NOS/c1-3-6-19-15(9-13-8-12(17)10-21-13)11-4-5-16(20-2)14(18)7-11/h4-5,7-8,10,15,19H,3,6,9H2,1-2H3. The van der Waals surface area contributed by atoms with Crippen molar-refractivity contribution in [3.8, 4) is 5.75 Å². The second kappa shape index (κ2) is 8.32. The van der Waals surface area contributed by atoms with Gasteiger partial charge in [-0.3, -0.25) is 0 Å². The predicted molar refractivity (Wildman–Crippen MR) is 97.5 cm³/mol. The minimum absolute atomic E-state index is 0.317. The average Bonchev–Trinajstić information content (AvgIpc) is 2.88. The summed E-state index contributed by atoms with van der Waals surface area (Å²) in [6.45, 7) is 3.20. The van der Waals surface area contributed by atoms with E-state index in [0.717, 1.165) is 34.1 Å². The second-order valence-corrected chi connectivity index (χ2v) is 7.60. The van der Waals surface area contributed by atoms with Gasteiger partial charge in [0.15, 0.2) is 0 Å². The normalized spacial score (nSPS) is 12.4. The Bertz CT molecular complexity index is 585. The molecule has 114 valence electrons. The maximum Gasteiger partial charge on any atom is 0.133 e. The highest BCUT2D eigenvalue weighted by atomic mass is 79.9. The quantitative estimate of drug-likeness (QED) is 0.617. The molecule has 1 atom stereocenters. The third-order valence-electron chi connectivity index (χ3n) is 3.25. The van der Waals surface area contributed by atoms with Crippen LogP contribution in [0.1, 0.15) is 29.8 Å². The first kappa shape index (κ1) is 17.0. The summed E-state index contributed by atoms with van der Waals surface area (Å²) in [6, 6.07) is 8.82. The Hall–Kier alpha value is -0.360. The molecular weight excluding hydrogens is 414 g/mol. The van der Waals surface area contributed by atoms with Crippen LogP contribution < -0.4 is 10.1 Å². The molecular formula is C16H19Br2NOS. The molecule has 1 aromatic heterocycles. The van der Waals surface area contributed by atoms with Crippen LogP contribution >= 0.6 is 43.2 Å². The minimum atomic E-state index is 0.317. The van der Waals surface area contributed by atoms with Crippen molar-refractivity contribution in [2.75, 3.05) is 13.7 Å². The largest absolute Gasteiger partial charge is 0.496 e. The summed E-state index contributed by atoms with van der Waals surface area (Å²) in [6.07, 6.45) is 2.12. The molecule has 1 heterocycles. The summed E-state index contributed by atoms with van der Waals surface area (Å²) in [4.78, 5) is 1.38. The number of rotatable bonds is 7. The van der Waals surface area contributed by atoms with Gasteiger partial charge in [0.2, 0.25) is 0 Å². The SMILES string of the molecule is CCCNC(Cc1cc(Br)cs1)c1ccc(OC)c(Br)c1. The fourth-order valence-electron chi connectivity index (χ4n) is 2.19. The van der Waals surface area contributed by atoms with Crippen LogP contribution in [0.4, 0.5) is 0 Å². The smallest absolute Gasteiger partial charge is 0.133 e. The van der Waals surface area contributed by atoms with Gasteiger partial charge < -0.3 is 10.1 Å². The number of hydrogen-bond acceptors (Lipinski definition) is 3. The first-order chi connectivity index (χ1) is 10.1. The molecule has 5 heteroatoms. The van der Waals surface area contributed by atoms with Gasteiger partial charge in [0.25, 0.3) is 0 Å². The van der Waals surface area contributed by atoms with Crippen molar-refractivity contribution >= 4 is 43.2 Å². The topological polar surface area (TPSA) is 21.3 Å². The zero-order valence-electron chi connectivity index (χ0n) is 12.2. The van der Waals surface area contributed by atoms with E-state index < -0.39 is 0 Å². The van der Waals surface area contributed by atoms with E-state index in [0.29, 0.717) is 6.04 Å². The van der Waals surface area contributed by atoms with E-state index in [-0.39, 0.29) is 0 Å². The van der Waals surface area contributed by atoms with Crippen LogP contribution in [0, 0.1) is 0 Å². The number of ether oxygens (including phenoxy) is 1. The summed E-state index contributed by atoms with van der Waals surface area (Å²) in [5, 5.41) is 5.77. The van der Waals surface area contributed by atoms with Crippen LogP contribution in [0.2, 0.25) is 0 Å². The van der Waals surface area contributed by atoms with Crippen LogP contribution in [0.15, 0.2) is 38.6 Å². The number of halogens is 2. The van der Waals surface area contributed by atoms with Gasteiger partial charge in [0, 0.05) is 27.2 Å². The number of methoxy groups -OCH3 is 1. The second-order valence-electron chi connectivity index (χ2n) is 4.84. The molecule has 2 nitrogen and oxygen atoms in total. The molecule has 0 aliphatic heterocycles. The lowest BCUT2D eigenvalue weighted by atomic mass is 10.0. The molecule has 0 saturated carbocycles. The van der Waals surface area contributed by atoms with Gasteiger partial charge in [0.05, 0.1) is 11.6 Å². The molecule has 1 aromatic carbocycles. The summed E-state index contributed by atoms with van der Waals surface area (Å²) in [5.74, 6) is 0.867. The fraction of sp³-hybridized carbons (Fsp3) is 0.375. The zero-order valence-corrected chi connectivity index (χ0v) is 16.1. The molecule has 0 aliphatic carbocycles. The highest BCUT2D eigenvalue weighted by Gasteiger charge is 2.14. The molecule has 0 aliphatic rings. The van der Waals surface area contributed by atoms with Crippen molar-refractivity contribution in [2.24, 2.45) is 0 Å². The monoisotopic (exact) mass is 431 g/mol. The Morgan fingerprint density at radius 1 is 1.29 bits per heavy atom. The van der Waals surface area contributed by atoms with Crippen molar-refractivity contribution in [3.63, 3.8) is 0 Å². The van der Waals surface area contributed by atoms with Crippen LogP contribution in [0.25, 0.3) is 0 Å². The Morgan fingerprint density at radius 2 is 2.10 bits per heavy atom. The van der Waals surface area contributed by atoms with Crippen LogP contribution in [-0.2, 0) is 6.42 Å². The van der Waals surface area contributed by atoms with Gasteiger partial charge in [-0.2, -0.15) is 0 Å². The van der Waals surface area contributed by atoms with E-state index in [4.69, 9.17) is 4.74 Å². The number of benzene rings is 1. The molecule has 21 heavy (non-hydrogen) atoms. The highest BCUT2D eigenvalue weighted by molar-refractivity contribution is 9.10. The summed E-state index contributed by atoms with van der Waals surface area (Å²) >= 11 is 8.90. The van der Waals surface area contributed by atoms with Gasteiger partial charge >= 0.3 is 0 Å². The van der Waals surface area contributed by atoms with E-state index in [1.54, 1.807) is 18.4 Å². The molecule has 1 N–H and O–H groups in total. The Kier molecular flexibility index (Phi) is 6.74. The summed E-state index contributed by atoms with van der Waals surface area (Å²) in [7, 11) is 1.69. The summed E-state index contributed by atoms with van der Waals surface area (Å²) in [5.41, 5.74) is 1.28. The zero-order chi connectivity index (χ0) is 15.2. The Morgan fingerprint density at radius 3 is 2.67 bits per heavy atom. The third kappa shape index (κ3) is 4.81. The lowest BCUT2D eigenvalue weighted by Gasteiger charge is -2.19. The maximum absolute atomic E-state index is 5.31. The lowest BCUT2D eigenvalue weighted by molar-refractivity contribution is 0.411. The number of nitrogens with one attached hydrogen (secondary N) is 1. The molecule has 0 saturated heterocycles. The van der Waals surface area contributed by atoms with Crippen molar-refractivity contribution in [3.05, 3.63) is 49.0 Å². The Balaban J connectivity index is 2.20. The molecule has 1 unspecified atom stereocenters. The molecule has 0 spiro atoms. The lowest BCUT2D eigenvalue weighted by Crippen LogP contribution is -2.23. The van der Waals surface area contributed by atoms with Gasteiger partial charge in [-0.25, -0.2) is 0 Å². The van der Waals surface area contributed by atoms with E-state index >= 15 is 0 Å². The van der Waals surface area contributed by atoms with Gasteiger partial charge in [-0.05, 0) is 68.6 Å². The predicted octanol–water partition coefficient (Wildman–Crippen LogP) is 5.57. The molecule has 2 rings (SSSR count). The van der Waals surface area contributed by atoms with Crippen LogP contribution in [-0.4, -0.2) is 13.7 Å². The van der Waals surface area contributed by atoms with E-state index in [9.17, 15) is 0 Å². The van der Waals surface area contributed by atoms with Crippen LogP contribution in [0.5, 0.6) is 5.75 Å². The van der Waals surface area contributed by atoms with E-state index in [2.05, 4.69) is 67.7 Å². The van der Waals surface area contributed by atoms with Gasteiger partial charge in [-0.15, -0.1) is 11.3 Å². The average molecular weight is 433 g/mol. The van der Waals surface area contributed by atoms with E-state index in [1.165, 1.54) is 10.4 Å². The Labute approximate surface area is 147 Å². The van der Waals surface area contributed by atoms with Crippen molar-refractivity contribution < 1.29 is 4.74 Å². The number of hydrogen-bond donors (Lipinski definition) is 1. The molecule has 2 aromatic rings. The highest BCUT2D eigenvalue weighted by Crippen LogP contribution is 2.31. The van der Waals surface area contributed by atoms with Crippen LogP contribution in [0.3, 0.4) is 0 Å². The molecule has 0 fully saturated rings. The first-order valence-corrected chi connectivity index (χ1v) is 9.40. The summed E-state index contributed by atoms with van der Waals surface area (Å²) < 4.78 is 7.47. The molecule has 0 amide bonds. The van der Waals surface area contributed by atoms with Gasteiger partial charge in [-0.1, -0.05) is 13.0 Å². The fourth-order valence-corrected chi connectivity index (χ4v) is 4.24.